The molecule has 4 heteroatoms. The van der Waals surface area contributed by atoms with E-state index >= 15 is 0 Å². The third-order valence-corrected chi connectivity index (χ3v) is 2.78. The topological polar surface area (TPSA) is 35.2 Å². The number of rotatable bonds is 2. The van der Waals surface area contributed by atoms with Crippen LogP contribution in [0.4, 0.5) is 10.1 Å². The predicted octanol–water partition coefficient (Wildman–Crippen LogP) is 4.27. The number of anilines is 1. The van der Waals surface area contributed by atoms with E-state index in [1.807, 2.05) is 13.0 Å². The van der Waals surface area contributed by atoms with Gasteiger partial charge in [0, 0.05) is 4.47 Å². The van der Waals surface area contributed by atoms with Crippen molar-refractivity contribution in [2.24, 2.45) is 0 Å². The SMILES string of the molecule is Cc1ccc(N)c(Oc2ccc(Br)cc2F)c1. The molecule has 0 amide bonds. The van der Waals surface area contributed by atoms with Gasteiger partial charge in [0.1, 0.15) is 0 Å². The number of ether oxygens (including phenoxy) is 1. The first-order valence-corrected chi connectivity index (χ1v) is 5.84. The van der Waals surface area contributed by atoms with Crippen LogP contribution in [0.1, 0.15) is 5.56 Å². The summed E-state index contributed by atoms with van der Waals surface area (Å²) < 4.78 is 19.7. The Kier molecular flexibility index (Phi) is 3.33. The maximum Gasteiger partial charge on any atom is 0.166 e. The van der Waals surface area contributed by atoms with E-state index in [1.54, 1.807) is 24.3 Å². The second-order valence-corrected chi connectivity index (χ2v) is 4.63. The van der Waals surface area contributed by atoms with Gasteiger partial charge >= 0.3 is 0 Å². The molecule has 0 spiro atoms. The molecule has 88 valence electrons. The summed E-state index contributed by atoms with van der Waals surface area (Å²) in [5, 5.41) is 0. The Morgan fingerprint density at radius 1 is 1.12 bits per heavy atom. The minimum absolute atomic E-state index is 0.158. The van der Waals surface area contributed by atoms with E-state index in [9.17, 15) is 4.39 Å². The molecule has 0 aliphatic rings. The van der Waals surface area contributed by atoms with Crippen LogP contribution < -0.4 is 10.5 Å². The molecule has 0 fully saturated rings. The summed E-state index contributed by atoms with van der Waals surface area (Å²) in [5.74, 6) is 0.192. The molecular formula is C13H11BrFNO. The van der Waals surface area contributed by atoms with Gasteiger partial charge in [0.25, 0.3) is 0 Å². The van der Waals surface area contributed by atoms with Gasteiger partial charge in [0.15, 0.2) is 17.3 Å². The fraction of sp³-hybridized carbons (Fsp3) is 0.0769. The van der Waals surface area contributed by atoms with Gasteiger partial charge in [-0.15, -0.1) is 0 Å². The zero-order valence-electron chi connectivity index (χ0n) is 9.21. The molecule has 0 saturated carbocycles. The highest BCUT2D eigenvalue weighted by Crippen LogP contribution is 2.31. The van der Waals surface area contributed by atoms with Crippen molar-refractivity contribution in [3.8, 4) is 11.5 Å². The fourth-order valence-corrected chi connectivity index (χ4v) is 1.74. The molecule has 2 N–H and O–H groups in total. The van der Waals surface area contributed by atoms with Crippen LogP contribution in [0.2, 0.25) is 0 Å². The largest absolute Gasteiger partial charge is 0.452 e. The van der Waals surface area contributed by atoms with Gasteiger partial charge in [-0.3, -0.25) is 0 Å². The minimum atomic E-state index is -0.430. The highest BCUT2D eigenvalue weighted by atomic mass is 79.9. The van der Waals surface area contributed by atoms with Crippen LogP contribution >= 0.6 is 15.9 Å². The van der Waals surface area contributed by atoms with Gasteiger partial charge in [0.2, 0.25) is 0 Å². The van der Waals surface area contributed by atoms with Gasteiger partial charge in [-0.25, -0.2) is 4.39 Å². The maximum atomic E-state index is 13.6. The normalized spacial score (nSPS) is 10.3. The molecule has 0 unspecified atom stereocenters. The second-order valence-electron chi connectivity index (χ2n) is 3.72. The van der Waals surface area contributed by atoms with E-state index in [0.717, 1.165) is 5.56 Å². The van der Waals surface area contributed by atoms with Crippen molar-refractivity contribution < 1.29 is 9.13 Å². The van der Waals surface area contributed by atoms with E-state index in [0.29, 0.717) is 15.9 Å². The van der Waals surface area contributed by atoms with Crippen molar-refractivity contribution in [1.82, 2.24) is 0 Å². The molecule has 2 aromatic carbocycles. The summed E-state index contributed by atoms with van der Waals surface area (Å²) in [4.78, 5) is 0. The van der Waals surface area contributed by atoms with Crippen LogP contribution in [0.3, 0.4) is 0 Å². The van der Waals surface area contributed by atoms with E-state index in [4.69, 9.17) is 10.5 Å². The molecule has 0 aliphatic heterocycles. The highest BCUT2D eigenvalue weighted by molar-refractivity contribution is 9.10. The fourth-order valence-electron chi connectivity index (χ4n) is 1.41. The summed E-state index contributed by atoms with van der Waals surface area (Å²) in [7, 11) is 0. The van der Waals surface area contributed by atoms with Crippen LogP contribution in [0.25, 0.3) is 0 Å². The lowest BCUT2D eigenvalue weighted by Crippen LogP contribution is -1.94. The molecule has 0 heterocycles. The first-order valence-electron chi connectivity index (χ1n) is 5.05. The van der Waals surface area contributed by atoms with Crippen LogP contribution in [0.5, 0.6) is 11.5 Å². The van der Waals surface area contributed by atoms with Gasteiger partial charge in [-0.1, -0.05) is 22.0 Å². The molecule has 0 aromatic heterocycles. The molecule has 2 nitrogen and oxygen atoms in total. The number of aryl methyl sites for hydroxylation is 1. The Hall–Kier alpha value is -1.55. The van der Waals surface area contributed by atoms with Crippen molar-refractivity contribution in [1.29, 1.82) is 0 Å². The van der Waals surface area contributed by atoms with Crippen LogP contribution in [0, 0.1) is 12.7 Å². The van der Waals surface area contributed by atoms with E-state index in [2.05, 4.69) is 15.9 Å². The molecule has 2 rings (SSSR count). The molecule has 0 bridgehead atoms. The third-order valence-electron chi connectivity index (χ3n) is 2.28. The average molecular weight is 296 g/mol. The quantitative estimate of drug-likeness (QED) is 0.840. The number of hydrogen-bond donors (Lipinski definition) is 1. The predicted molar refractivity (Wildman–Crippen MR) is 69.8 cm³/mol. The minimum Gasteiger partial charge on any atom is -0.452 e. The summed E-state index contributed by atoms with van der Waals surface area (Å²) in [6.45, 7) is 1.92. The number of halogens is 2. The molecule has 17 heavy (non-hydrogen) atoms. The highest BCUT2D eigenvalue weighted by Gasteiger charge is 2.07. The molecule has 0 radical (unpaired) electrons. The Morgan fingerprint density at radius 3 is 2.59 bits per heavy atom. The van der Waals surface area contributed by atoms with Crippen molar-refractivity contribution in [2.75, 3.05) is 5.73 Å². The Bertz CT molecular complexity index is 557. The number of nitrogen functional groups attached to an aromatic ring is 1. The zero-order valence-corrected chi connectivity index (χ0v) is 10.8. The molecule has 0 saturated heterocycles. The lowest BCUT2D eigenvalue weighted by Gasteiger charge is -2.10. The lowest BCUT2D eigenvalue weighted by atomic mass is 10.2. The zero-order chi connectivity index (χ0) is 12.4. The summed E-state index contributed by atoms with van der Waals surface area (Å²) in [6, 6.07) is 10.0. The van der Waals surface area contributed by atoms with E-state index < -0.39 is 5.82 Å². The summed E-state index contributed by atoms with van der Waals surface area (Å²) in [5.41, 5.74) is 7.25. The standard InChI is InChI=1S/C13H11BrFNO/c1-8-2-4-11(16)13(6-8)17-12-5-3-9(14)7-10(12)15/h2-7H,16H2,1H3. The number of hydrogen-bond acceptors (Lipinski definition) is 2. The second kappa shape index (κ2) is 4.75. The van der Waals surface area contributed by atoms with Gasteiger partial charge in [-0.2, -0.15) is 0 Å². The van der Waals surface area contributed by atoms with E-state index in [-0.39, 0.29) is 5.75 Å². The Labute approximate surface area is 107 Å². The first kappa shape index (κ1) is 11.9. The monoisotopic (exact) mass is 295 g/mol. The Morgan fingerprint density at radius 2 is 1.88 bits per heavy atom. The van der Waals surface area contributed by atoms with E-state index in [1.165, 1.54) is 6.07 Å². The van der Waals surface area contributed by atoms with Crippen LogP contribution in [-0.2, 0) is 0 Å². The molecule has 0 atom stereocenters. The molecule has 0 aliphatic carbocycles. The number of benzene rings is 2. The third kappa shape index (κ3) is 2.77. The number of nitrogens with two attached hydrogens (primary N) is 1. The van der Waals surface area contributed by atoms with Gasteiger partial charge in [0.05, 0.1) is 5.69 Å². The maximum absolute atomic E-state index is 13.6. The molecular weight excluding hydrogens is 285 g/mol. The smallest absolute Gasteiger partial charge is 0.166 e. The summed E-state index contributed by atoms with van der Waals surface area (Å²) >= 11 is 3.19. The van der Waals surface area contributed by atoms with Crippen LogP contribution in [-0.4, -0.2) is 0 Å². The van der Waals surface area contributed by atoms with Crippen molar-refractivity contribution in [3.63, 3.8) is 0 Å². The lowest BCUT2D eigenvalue weighted by molar-refractivity contribution is 0.443. The molecule has 2 aromatic rings. The Balaban J connectivity index is 2.34. The van der Waals surface area contributed by atoms with Crippen molar-refractivity contribution in [2.45, 2.75) is 6.92 Å². The van der Waals surface area contributed by atoms with Crippen molar-refractivity contribution in [3.05, 3.63) is 52.3 Å². The van der Waals surface area contributed by atoms with Gasteiger partial charge in [-0.05, 0) is 42.8 Å². The first-order chi connectivity index (χ1) is 8.06. The van der Waals surface area contributed by atoms with Crippen LogP contribution in [0.15, 0.2) is 40.9 Å². The average Bonchev–Trinajstić information content (AvgIpc) is 2.27. The summed E-state index contributed by atoms with van der Waals surface area (Å²) in [6.07, 6.45) is 0. The van der Waals surface area contributed by atoms with Gasteiger partial charge < -0.3 is 10.5 Å². The van der Waals surface area contributed by atoms with Crippen molar-refractivity contribution >= 4 is 21.6 Å².